The standard InChI is InChI=1S/C17H25ClN2O2/c1-12(13(2)19)16(21)20-11-17(6-8-22-9-7-17)14-4-3-5-15(18)10-14/h3-5,10,12-13H,6-9,11,19H2,1-2H3,(H,20,21). The molecule has 3 N–H and O–H groups in total. The van der Waals surface area contributed by atoms with Crippen LogP contribution in [0.2, 0.25) is 5.02 Å². The zero-order valence-corrected chi connectivity index (χ0v) is 14.0. The number of carbonyl (C=O) groups excluding carboxylic acids is 1. The molecule has 1 aliphatic rings. The van der Waals surface area contributed by atoms with Gasteiger partial charge in [-0.05, 0) is 37.5 Å². The van der Waals surface area contributed by atoms with Gasteiger partial charge in [0.15, 0.2) is 0 Å². The van der Waals surface area contributed by atoms with Gasteiger partial charge < -0.3 is 15.8 Å². The van der Waals surface area contributed by atoms with Crippen LogP contribution in [0.15, 0.2) is 24.3 Å². The lowest BCUT2D eigenvalue weighted by Crippen LogP contribution is -2.47. The number of nitrogens with two attached hydrogens (primary N) is 1. The van der Waals surface area contributed by atoms with Gasteiger partial charge in [-0.2, -0.15) is 0 Å². The first-order chi connectivity index (χ1) is 10.4. The number of nitrogens with one attached hydrogen (secondary N) is 1. The minimum Gasteiger partial charge on any atom is -0.381 e. The maximum absolute atomic E-state index is 12.2. The fourth-order valence-electron chi connectivity index (χ4n) is 2.80. The molecule has 0 bridgehead atoms. The zero-order valence-electron chi connectivity index (χ0n) is 13.3. The van der Waals surface area contributed by atoms with E-state index in [0.717, 1.165) is 23.4 Å². The molecule has 1 aromatic rings. The van der Waals surface area contributed by atoms with Crippen molar-refractivity contribution in [1.29, 1.82) is 0 Å². The van der Waals surface area contributed by atoms with E-state index in [1.807, 2.05) is 32.0 Å². The van der Waals surface area contributed by atoms with Crippen LogP contribution in [0.4, 0.5) is 0 Å². The molecule has 2 atom stereocenters. The highest BCUT2D eigenvalue weighted by atomic mass is 35.5. The summed E-state index contributed by atoms with van der Waals surface area (Å²) in [4.78, 5) is 12.2. The number of carbonyl (C=O) groups is 1. The normalized spacial score (nSPS) is 20.2. The largest absolute Gasteiger partial charge is 0.381 e. The molecule has 2 rings (SSSR count). The molecule has 4 nitrogen and oxygen atoms in total. The number of halogens is 1. The molecule has 0 spiro atoms. The predicted octanol–water partition coefficient (Wildman–Crippen LogP) is 2.49. The van der Waals surface area contributed by atoms with Crippen molar-refractivity contribution in [2.24, 2.45) is 11.7 Å². The fourth-order valence-corrected chi connectivity index (χ4v) is 2.99. The van der Waals surface area contributed by atoms with E-state index in [0.29, 0.717) is 19.8 Å². The Morgan fingerprint density at radius 2 is 2.09 bits per heavy atom. The minimum atomic E-state index is -0.198. The van der Waals surface area contributed by atoms with E-state index in [-0.39, 0.29) is 23.3 Å². The molecule has 122 valence electrons. The van der Waals surface area contributed by atoms with E-state index >= 15 is 0 Å². The molecule has 1 fully saturated rings. The highest BCUT2D eigenvalue weighted by molar-refractivity contribution is 6.30. The smallest absolute Gasteiger partial charge is 0.224 e. The summed E-state index contributed by atoms with van der Waals surface area (Å²) in [6, 6.07) is 7.75. The molecule has 2 unspecified atom stereocenters. The Labute approximate surface area is 137 Å². The molecular formula is C17H25ClN2O2. The van der Waals surface area contributed by atoms with E-state index in [1.54, 1.807) is 0 Å². The molecule has 0 aliphatic carbocycles. The topological polar surface area (TPSA) is 64.4 Å². The maximum Gasteiger partial charge on any atom is 0.224 e. The van der Waals surface area contributed by atoms with E-state index in [1.165, 1.54) is 0 Å². The Kier molecular flexibility index (Phi) is 5.84. The number of rotatable bonds is 5. The molecule has 1 saturated heterocycles. The molecule has 1 heterocycles. The third-order valence-electron chi connectivity index (χ3n) is 4.69. The van der Waals surface area contributed by atoms with Crippen molar-refractivity contribution in [3.8, 4) is 0 Å². The van der Waals surface area contributed by atoms with E-state index in [2.05, 4.69) is 11.4 Å². The third-order valence-corrected chi connectivity index (χ3v) is 4.93. The zero-order chi connectivity index (χ0) is 16.2. The van der Waals surface area contributed by atoms with Crippen LogP contribution in [0.3, 0.4) is 0 Å². The van der Waals surface area contributed by atoms with Crippen LogP contribution in [0, 0.1) is 5.92 Å². The number of ether oxygens (including phenoxy) is 1. The van der Waals surface area contributed by atoms with Crippen LogP contribution in [0.25, 0.3) is 0 Å². The van der Waals surface area contributed by atoms with Crippen molar-refractivity contribution in [3.05, 3.63) is 34.9 Å². The van der Waals surface area contributed by atoms with Crippen LogP contribution in [0.5, 0.6) is 0 Å². The number of benzene rings is 1. The lowest BCUT2D eigenvalue weighted by molar-refractivity contribution is -0.125. The first-order valence-electron chi connectivity index (χ1n) is 7.82. The van der Waals surface area contributed by atoms with E-state index < -0.39 is 0 Å². The molecule has 1 aliphatic heterocycles. The van der Waals surface area contributed by atoms with Gasteiger partial charge in [-0.15, -0.1) is 0 Å². The average Bonchev–Trinajstić information content (AvgIpc) is 2.52. The third kappa shape index (κ3) is 4.00. The first-order valence-corrected chi connectivity index (χ1v) is 8.19. The highest BCUT2D eigenvalue weighted by Crippen LogP contribution is 2.35. The van der Waals surface area contributed by atoms with Crippen LogP contribution in [-0.2, 0) is 14.9 Å². The number of amides is 1. The Morgan fingerprint density at radius 3 is 2.68 bits per heavy atom. The van der Waals surface area contributed by atoms with Gasteiger partial charge in [0.05, 0.1) is 0 Å². The molecular weight excluding hydrogens is 300 g/mol. The second kappa shape index (κ2) is 7.44. The summed E-state index contributed by atoms with van der Waals surface area (Å²) < 4.78 is 5.50. The molecule has 0 radical (unpaired) electrons. The SMILES string of the molecule is CC(N)C(C)C(=O)NCC1(c2cccc(Cl)c2)CCOCC1. The molecule has 1 amide bonds. The fraction of sp³-hybridized carbons (Fsp3) is 0.588. The second-order valence-corrected chi connectivity index (χ2v) is 6.71. The Hall–Kier alpha value is -1.10. The van der Waals surface area contributed by atoms with Gasteiger partial charge >= 0.3 is 0 Å². The summed E-state index contributed by atoms with van der Waals surface area (Å²) in [5.41, 5.74) is 6.86. The van der Waals surface area contributed by atoms with Gasteiger partial charge in [0.2, 0.25) is 5.91 Å². The van der Waals surface area contributed by atoms with E-state index in [4.69, 9.17) is 22.1 Å². The predicted molar refractivity (Wildman–Crippen MR) is 89.0 cm³/mol. The number of hydrogen-bond donors (Lipinski definition) is 2. The molecule has 22 heavy (non-hydrogen) atoms. The monoisotopic (exact) mass is 324 g/mol. The van der Waals surface area contributed by atoms with Crippen LogP contribution >= 0.6 is 11.6 Å². The maximum atomic E-state index is 12.2. The van der Waals surface area contributed by atoms with Crippen molar-refractivity contribution < 1.29 is 9.53 Å². The molecule has 1 aromatic carbocycles. The Balaban J connectivity index is 2.15. The van der Waals surface area contributed by atoms with Crippen molar-refractivity contribution in [2.45, 2.75) is 38.1 Å². The van der Waals surface area contributed by atoms with Crippen molar-refractivity contribution in [1.82, 2.24) is 5.32 Å². The Morgan fingerprint density at radius 1 is 1.41 bits per heavy atom. The van der Waals surface area contributed by atoms with Gasteiger partial charge in [0.25, 0.3) is 0 Å². The summed E-state index contributed by atoms with van der Waals surface area (Å²) in [5.74, 6) is -0.195. The van der Waals surface area contributed by atoms with Gasteiger partial charge in [0, 0.05) is 42.2 Å². The molecule has 0 saturated carbocycles. The first kappa shape index (κ1) is 17.3. The van der Waals surface area contributed by atoms with Crippen LogP contribution < -0.4 is 11.1 Å². The van der Waals surface area contributed by atoms with Gasteiger partial charge in [0.1, 0.15) is 0 Å². The highest BCUT2D eigenvalue weighted by Gasteiger charge is 2.35. The van der Waals surface area contributed by atoms with Gasteiger partial charge in [-0.1, -0.05) is 30.7 Å². The van der Waals surface area contributed by atoms with Crippen molar-refractivity contribution in [2.75, 3.05) is 19.8 Å². The lowest BCUT2D eigenvalue weighted by Gasteiger charge is -2.38. The average molecular weight is 325 g/mol. The summed E-state index contributed by atoms with van der Waals surface area (Å²) in [6.07, 6.45) is 1.75. The van der Waals surface area contributed by atoms with Crippen LogP contribution in [0.1, 0.15) is 32.3 Å². The van der Waals surface area contributed by atoms with Crippen LogP contribution in [-0.4, -0.2) is 31.7 Å². The lowest BCUT2D eigenvalue weighted by atomic mass is 9.74. The van der Waals surface area contributed by atoms with E-state index in [9.17, 15) is 4.79 Å². The summed E-state index contributed by atoms with van der Waals surface area (Å²) in [7, 11) is 0. The second-order valence-electron chi connectivity index (χ2n) is 6.27. The molecule has 5 heteroatoms. The number of hydrogen-bond acceptors (Lipinski definition) is 3. The van der Waals surface area contributed by atoms with Crippen molar-refractivity contribution >= 4 is 17.5 Å². The minimum absolute atomic E-state index is 0.00268. The molecule has 0 aromatic heterocycles. The van der Waals surface area contributed by atoms with Gasteiger partial charge in [-0.3, -0.25) is 4.79 Å². The summed E-state index contributed by atoms with van der Waals surface area (Å²) in [6.45, 7) is 5.70. The summed E-state index contributed by atoms with van der Waals surface area (Å²) >= 11 is 6.15. The quantitative estimate of drug-likeness (QED) is 0.874. The Bertz CT molecular complexity index is 513. The van der Waals surface area contributed by atoms with Crippen molar-refractivity contribution in [3.63, 3.8) is 0 Å². The summed E-state index contributed by atoms with van der Waals surface area (Å²) in [5, 5.41) is 3.80. The van der Waals surface area contributed by atoms with Gasteiger partial charge in [-0.25, -0.2) is 0 Å².